The minimum atomic E-state index is -3.23. The van der Waals surface area contributed by atoms with E-state index in [1.807, 2.05) is 36.2 Å². The molecule has 2 rings (SSSR count). The molecule has 0 unspecified atom stereocenters. The Kier molecular flexibility index (Phi) is 7.01. The average Bonchev–Trinajstić information content (AvgIpc) is 2.63. The number of hydrogen-bond donors (Lipinski definition) is 1. The van der Waals surface area contributed by atoms with Gasteiger partial charge in [-0.2, -0.15) is 0 Å². The molecule has 0 heterocycles. The summed E-state index contributed by atoms with van der Waals surface area (Å²) in [5.41, 5.74) is 1.19. The topological polar surface area (TPSA) is 61.8 Å². The van der Waals surface area contributed by atoms with Crippen LogP contribution >= 0.6 is 0 Å². The molecule has 0 amide bonds. The molecule has 5 nitrogen and oxygen atoms in total. The molecule has 0 aliphatic rings. The van der Waals surface area contributed by atoms with E-state index in [4.69, 9.17) is 0 Å². The molecule has 1 N–H and O–H groups in total. The van der Waals surface area contributed by atoms with Gasteiger partial charge in [0.05, 0.1) is 10.6 Å². The highest BCUT2D eigenvalue weighted by molar-refractivity contribution is 7.91. The molecule has 0 radical (unpaired) electrons. The Labute approximate surface area is 150 Å². The van der Waals surface area contributed by atoms with E-state index >= 15 is 0 Å². The van der Waals surface area contributed by atoms with Gasteiger partial charge in [-0.15, -0.1) is 0 Å². The van der Waals surface area contributed by atoms with Crippen molar-refractivity contribution < 1.29 is 8.42 Å². The summed E-state index contributed by atoms with van der Waals surface area (Å²) in [7, 11) is 0.461. The molecule has 0 aromatic heterocycles. The van der Waals surface area contributed by atoms with E-state index in [9.17, 15) is 8.42 Å². The van der Waals surface area contributed by atoms with Gasteiger partial charge < -0.3 is 10.2 Å². The lowest BCUT2D eigenvalue weighted by atomic mass is 10.2. The fourth-order valence-corrected chi connectivity index (χ4v) is 3.86. The van der Waals surface area contributed by atoms with Gasteiger partial charge in [0.2, 0.25) is 0 Å². The molecule has 0 aliphatic heterocycles. The normalized spacial score (nSPS) is 12.0. The zero-order chi connectivity index (χ0) is 18.1. The maximum Gasteiger partial charge on any atom is 0.193 e. The highest BCUT2D eigenvalue weighted by Gasteiger charge is 2.13. The van der Waals surface area contributed by atoms with Gasteiger partial charge in [0.1, 0.15) is 0 Å². The SMILES string of the molecule is CN=C(NCCCS(=O)(=O)c1ccccc1)N(C)Cc1ccccc1. The van der Waals surface area contributed by atoms with Gasteiger partial charge in [-0.25, -0.2) is 8.42 Å². The number of rotatable bonds is 7. The molecule has 0 bridgehead atoms. The van der Waals surface area contributed by atoms with E-state index in [1.54, 1.807) is 31.3 Å². The lowest BCUT2D eigenvalue weighted by molar-refractivity contribution is 0.476. The first kappa shape index (κ1) is 19.0. The minimum Gasteiger partial charge on any atom is -0.356 e. The van der Waals surface area contributed by atoms with Crippen molar-refractivity contribution in [2.75, 3.05) is 26.4 Å². The van der Waals surface area contributed by atoms with Crippen LogP contribution in [0.2, 0.25) is 0 Å². The van der Waals surface area contributed by atoms with Crippen molar-refractivity contribution in [3.8, 4) is 0 Å². The van der Waals surface area contributed by atoms with Crippen LogP contribution in [0, 0.1) is 0 Å². The second kappa shape index (κ2) is 9.22. The largest absolute Gasteiger partial charge is 0.356 e. The van der Waals surface area contributed by atoms with Crippen molar-refractivity contribution in [3.63, 3.8) is 0 Å². The van der Waals surface area contributed by atoms with E-state index in [1.165, 1.54) is 5.56 Å². The first-order valence-corrected chi connectivity index (χ1v) is 9.91. The fraction of sp³-hybridized carbons (Fsp3) is 0.316. The average molecular weight is 359 g/mol. The zero-order valence-corrected chi connectivity index (χ0v) is 15.5. The van der Waals surface area contributed by atoms with Crippen molar-refractivity contribution in [1.82, 2.24) is 10.2 Å². The molecule has 134 valence electrons. The van der Waals surface area contributed by atoms with E-state index in [2.05, 4.69) is 22.4 Å². The second-order valence-electron chi connectivity index (χ2n) is 5.80. The molecule has 0 saturated heterocycles. The number of guanidine groups is 1. The van der Waals surface area contributed by atoms with E-state index in [0.717, 1.165) is 12.5 Å². The van der Waals surface area contributed by atoms with Crippen LogP contribution in [0.5, 0.6) is 0 Å². The van der Waals surface area contributed by atoms with E-state index < -0.39 is 9.84 Å². The zero-order valence-electron chi connectivity index (χ0n) is 14.7. The molecule has 0 atom stereocenters. The summed E-state index contributed by atoms with van der Waals surface area (Å²) in [6.45, 7) is 1.29. The van der Waals surface area contributed by atoms with Gasteiger partial charge in [-0.1, -0.05) is 48.5 Å². The maximum absolute atomic E-state index is 12.3. The summed E-state index contributed by atoms with van der Waals surface area (Å²) in [6.07, 6.45) is 0.523. The van der Waals surface area contributed by atoms with Crippen LogP contribution in [0.15, 0.2) is 70.6 Å². The molecular weight excluding hydrogens is 334 g/mol. The quantitative estimate of drug-likeness (QED) is 0.469. The Morgan fingerprint density at radius 2 is 1.64 bits per heavy atom. The van der Waals surface area contributed by atoms with Crippen molar-refractivity contribution in [2.24, 2.45) is 4.99 Å². The Morgan fingerprint density at radius 1 is 1.04 bits per heavy atom. The van der Waals surface area contributed by atoms with Crippen LogP contribution in [0.3, 0.4) is 0 Å². The summed E-state index contributed by atoms with van der Waals surface area (Å²) >= 11 is 0. The second-order valence-corrected chi connectivity index (χ2v) is 7.91. The molecule has 6 heteroatoms. The summed E-state index contributed by atoms with van der Waals surface area (Å²) in [6, 6.07) is 18.7. The molecule has 0 fully saturated rings. The molecule has 0 saturated carbocycles. The van der Waals surface area contributed by atoms with Crippen LogP contribution < -0.4 is 5.32 Å². The van der Waals surface area contributed by atoms with Gasteiger partial charge in [0.25, 0.3) is 0 Å². The van der Waals surface area contributed by atoms with Crippen LogP contribution in [0.1, 0.15) is 12.0 Å². The maximum atomic E-state index is 12.3. The number of aliphatic imine (C=N–C) groups is 1. The molecule has 2 aromatic rings. The predicted octanol–water partition coefficient (Wildman–Crippen LogP) is 2.56. The molecular formula is C19H25N3O2S. The molecule has 0 spiro atoms. The van der Waals surface area contributed by atoms with Crippen LogP contribution in [-0.4, -0.2) is 45.7 Å². The molecule has 2 aromatic carbocycles. The van der Waals surface area contributed by atoms with E-state index in [-0.39, 0.29) is 5.75 Å². The van der Waals surface area contributed by atoms with Gasteiger partial charge in [0, 0.05) is 27.2 Å². The van der Waals surface area contributed by atoms with E-state index in [0.29, 0.717) is 17.9 Å². The summed E-state index contributed by atoms with van der Waals surface area (Å²) in [5.74, 6) is 0.865. The predicted molar refractivity (Wildman–Crippen MR) is 102 cm³/mol. The van der Waals surface area contributed by atoms with Crippen molar-refractivity contribution in [2.45, 2.75) is 17.9 Å². The Morgan fingerprint density at radius 3 is 2.24 bits per heavy atom. The number of benzene rings is 2. The van der Waals surface area contributed by atoms with Gasteiger partial charge >= 0.3 is 0 Å². The smallest absolute Gasteiger partial charge is 0.193 e. The highest BCUT2D eigenvalue weighted by atomic mass is 32.2. The van der Waals surface area contributed by atoms with Crippen molar-refractivity contribution in [3.05, 3.63) is 66.2 Å². The fourth-order valence-electron chi connectivity index (χ4n) is 2.52. The molecule has 0 aliphatic carbocycles. The van der Waals surface area contributed by atoms with Crippen LogP contribution in [0.4, 0.5) is 0 Å². The third kappa shape index (κ3) is 5.90. The third-order valence-electron chi connectivity index (χ3n) is 3.81. The Balaban J connectivity index is 1.81. The van der Waals surface area contributed by atoms with Crippen LogP contribution in [-0.2, 0) is 16.4 Å². The monoisotopic (exact) mass is 359 g/mol. The summed E-state index contributed by atoms with van der Waals surface area (Å²) < 4.78 is 24.5. The summed E-state index contributed by atoms with van der Waals surface area (Å²) in [5, 5.41) is 3.22. The number of sulfone groups is 1. The minimum absolute atomic E-state index is 0.114. The van der Waals surface area contributed by atoms with Gasteiger partial charge in [0.15, 0.2) is 15.8 Å². The van der Waals surface area contributed by atoms with Crippen molar-refractivity contribution in [1.29, 1.82) is 0 Å². The van der Waals surface area contributed by atoms with Crippen molar-refractivity contribution >= 4 is 15.8 Å². The first-order valence-electron chi connectivity index (χ1n) is 8.26. The highest BCUT2D eigenvalue weighted by Crippen LogP contribution is 2.10. The summed E-state index contributed by atoms with van der Waals surface area (Å²) in [4.78, 5) is 6.65. The number of nitrogens with one attached hydrogen (secondary N) is 1. The van der Waals surface area contributed by atoms with Gasteiger partial charge in [-0.05, 0) is 24.1 Å². The van der Waals surface area contributed by atoms with Crippen LogP contribution in [0.25, 0.3) is 0 Å². The lowest BCUT2D eigenvalue weighted by Gasteiger charge is -2.22. The number of nitrogens with zero attached hydrogens (tertiary/aromatic N) is 2. The van der Waals surface area contributed by atoms with Gasteiger partial charge in [-0.3, -0.25) is 4.99 Å². The number of hydrogen-bond acceptors (Lipinski definition) is 3. The first-order chi connectivity index (χ1) is 12.0. The Hall–Kier alpha value is -2.34. The third-order valence-corrected chi connectivity index (χ3v) is 5.63. The lowest BCUT2D eigenvalue weighted by Crippen LogP contribution is -2.39. The standard InChI is InChI=1S/C19H25N3O2S/c1-20-19(22(2)16-17-10-5-3-6-11-17)21-14-9-15-25(23,24)18-12-7-4-8-13-18/h3-8,10-13H,9,14-16H2,1-2H3,(H,20,21). The molecule has 25 heavy (non-hydrogen) atoms. The Bertz CT molecular complexity index is 775.